The number of nitrogens with zero attached hydrogens (tertiary/aromatic N) is 6. The molecule has 0 fully saturated rings. The third-order valence-corrected chi connectivity index (χ3v) is 5.98. The highest BCUT2D eigenvalue weighted by Crippen LogP contribution is 2.27. The van der Waals surface area contributed by atoms with Gasteiger partial charge in [-0.05, 0) is 42.9 Å². The number of nitrogens with one attached hydrogen (secondary N) is 1. The molecule has 9 nitrogen and oxygen atoms in total. The van der Waals surface area contributed by atoms with Crippen molar-refractivity contribution >= 4 is 39.3 Å². The monoisotopic (exact) mass is 446 g/mol. The summed E-state index contributed by atoms with van der Waals surface area (Å²) < 4.78 is 27.5. The number of anilines is 2. The highest BCUT2D eigenvalue weighted by atomic mass is 32.2. The molecule has 0 spiro atoms. The average Bonchev–Trinajstić information content (AvgIpc) is 3.37. The van der Waals surface area contributed by atoms with Crippen molar-refractivity contribution in [2.45, 2.75) is 6.54 Å². The predicted molar refractivity (Wildman–Crippen MR) is 123 cm³/mol. The van der Waals surface area contributed by atoms with Gasteiger partial charge < -0.3 is 9.87 Å². The Balaban J connectivity index is 1.51. The minimum absolute atomic E-state index is 0.265. The molecule has 5 rings (SSSR count). The fourth-order valence-electron chi connectivity index (χ4n) is 3.73. The summed E-state index contributed by atoms with van der Waals surface area (Å²) >= 11 is -2.29. The average molecular weight is 447 g/mol. The van der Waals surface area contributed by atoms with Gasteiger partial charge in [-0.15, -0.1) is 5.10 Å². The van der Waals surface area contributed by atoms with Crippen LogP contribution in [0, 0.1) is 0 Å². The third kappa shape index (κ3) is 3.75. The summed E-state index contributed by atoms with van der Waals surface area (Å²) in [5.74, 6) is 0.452. The number of benzene rings is 2. The lowest BCUT2D eigenvalue weighted by Gasteiger charge is -2.20. The molecular weight excluding hydrogens is 426 g/mol. The van der Waals surface area contributed by atoms with Crippen molar-refractivity contribution in [2.24, 2.45) is 7.05 Å². The molecule has 3 aromatic heterocycles. The zero-order valence-corrected chi connectivity index (χ0v) is 18.3. The van der Waals surface area contributed by atoms with E-state index in [-0.39, 0.29) is 6.54 Å². The number of hydrogen-bond donors (Lipinski definition) is 1. The standard InChI is InChI=1S/C22H21N7O2S/c1-27(32(30)31)14-15-5-3-4-6-19(15)21-10-8-18-13-23-22(26-29(18)21)25-17-7-9-20-16(11-17)12-24-28(20)2/h3-13H,14H2,1-2H3,(H,25,26)(H,30,31)/p-1. The van der Waals surface area contributed by atoms with Crippen LogP contribution in [-0.4, -0.2) is 44.5 Å². The van der Waals surface area contributed by atoms with Crippen molar-refractivity contribution in [1.29, 1.82) is 0 Å². The Bertz CT molecular complexity index is 1460. The second kappa shape index (κ2) is 8.15. The fraction of sp³-hybridized carbons (Fsp3) is 0.136. The van der Waals surface area contributed by atoms with Crippen molar-refractivity contribution < 1.29 is 8.76 Å². The van der Waals surface area contributed by atoms with Crippen molar-refractivity contribution in [3.05, 3.63) is 72.6 Å². The molecule has 0 aliphatic rings. The molecule has 10 heteroatoms. The maximum absolute atomic E-state index is 11.3. The summed E-state index contributed by atoms with van der Waals surface area (Å²) in [7, 11) is 3.45. The molecule has 0 amide bonds. The number of aromatic nitrogens is 5. The SMILES string of the molecule is CN(Cc1ccccc1-c1ccc2cnc(Nc3ccc4c(cnn4C)c3)nn12)S(=O)[O-]. The largest absolute Gasteiger partial charge is 0.760 e. The van der Waals surface area contributed by atoms with E-state index in [0.29, 0.717) is 5.95 Å². The zero-order valence-electron chi connectivity index (χ0n) is 17.5. The van der Waals surface area contributed by atoms with E-state index >= 15 is 0 Å². The first-order valence-corrected chi connectivity index (χ1v) is 10.9. The summed E-state index contributed by atoms with van der Waals surface area (Å²) in [5.41, 5.74) is 5.39. The minimum Gasteiger partial charge on any atom is -0.760 e. The van der Waals surface area contributed by atoms with Gasteiger partial charge in [-0.2, -0.15) is 5.10 Å². The molecule has 0 saturated heterocycles. The van der Waals surface area contributed by atoms with Gasteiger partial charge in [0.25, 0.3) is 0 Å². The van der Waals surface area contributed by atoms with Gasteiger partial charge in [-0.25, -0.2) is 13.8 Å². The molecule has 0 radical (unpaired) electrons. The Labute approximate surface area is 186 Å². The fourth-order valence-corrected chi connectivity index (χ4v) is 3.98. The van der Waals surface area contributed by atoms with E-state index in [1.54, 1.807) is 13.2 Å². The van der Waals surface area contributed by atoms with Crippen molar-refractivity contribution in [2.75, 3.05) is 12.4 Å². The lowest BCUT2D eigenvalue weighted by atomic mass is 10.0. The molecule has 32 heavy (non-hydrogen) atoms. The van der Waals surface area contributed by atoms with Crippen molar-refractivity contribution in [3.63, 3.8) is 0 Å². The molecule has 1 N–H and O–H groups in total. The predicted octanol–water partition coefficient (Wildman–Crippen LogP) is 3.25. The van der Waals surface area contributed by atoms with Crippen LogP contribution >= 0.6 is 0 Å². The number of rotatable bonds is 6. The first kappa shape index (κ1) is 20.3. The van der Waals surface area contributed by atoms with Crippen LogP contribution in [-0.2, 0) is 24.9 Å². The van der Waals surface area contributed by atoms with E-state index in [4.69, 9.17) is 0 Å². The Kier molecular flexibility index (Phi) is 5.17. The van der Waals surface area contributed by atoms with Gasteiger partial charge in [-0.1, -0.05) is 24.3 Å². The van der Waals surface area contributed by atoms with E-state index in [1.165, 1.54) is 4.31 Å². The van der Waals surface area contributed by atoms with E-state index in [0.717, 1.165) is 38.9 Å². The van der Waals surface area contributed by atoms with Gasteiger partial charge in [0.1, 0.15) is 0 Å². The van der Waals surface area contributed by atoms with Crippen LogP contribution in [0.4, 0.5) is 11.6 Å². The smallest absolute Gasteiger partial charge is 0.245 e. The quantitative estimate of drug-likeness (QED) is 0.402. The van der Waals surface area contributed by atoms with Crippen LogP contribution in [0.1, 0.15) is 5.56 Å². The summed E-state index contributed by atoms with van der Waals surface area (Å²) in [6, 6.07) is 17.6. The third-order valence-electron chi connectivity index (χ3n) is 5.34. The maximum atomic E-state index is 11.3. The van der Waals surface area contributed by atoms with Crippen LogP contribution in [0.25, 0.3) is 27.7 Å². The van der Waals surface area contributed by atoms with E-state index in [2.05, 4.69) is 20.5 Å². The lowest BCUT2D eigenvalue weighted by Crippen LogP contribution is -2.20. The number of aryl methyl sites for hydroxylation is 1. The van der Waals surface area contributed by atoms with Crippen LogP contribution in [0.2, 0.25) is 0 Å². The normalized spacial score (nSPS) is 12.6. The summed E-state index contributed by atoms with van der Waals surface area (Å²) in [6.45, 7) is 0.265. The molecule has 0 saturated carbocycles. The highest BCUT2D eigenvalue weighted by molar-refractivity contribution is 7.76. The molecule has 5 aromatic rings. The van der Waals surface area contributed by atoms with Crippen LogP contribution in [0.15, 0.2) is 67.0 Å². The molecule has 0 aliphatic carbocycles. The molecule has 0 aliphatic heterocycles. The molecule has 1 atom stereocenters. The first-order chi connectivity index (χ1) is 15.5. The highest BCUT2D eigenvalue weighted by Gasteiger charge is 2.13. The van der Waals surface area contributed by atoms with E-state index in [1.807, 2.05) is 77.0 Å². The van der Waals surface area contributed by atoms with Gasteiger partial charge in [0.2, 0.25) is 5.95 Å². The maximum Gasteiger partial charge on any atom is 0.245 e. The minimum atomic E-state index is -2.29. The van der Waals surface area contributed by atoms with E-state index in [9.17, 15) is 8.76 Å². The Morgan fingerprint density at radius 3 is 2.81 bits per heavy atom. The van der Waals surface area contributed by atoms with Crippen molar-refractivity contribution in [3.8, 4) is 11.3 Å². The molecule has 2 aromatic carbocycles. The molecule has 3 heterocycles. The number of fused-ring (bicyclic) bond motifs is 2. The molecule has 1 unspecified atom stereocenters. The van der Waals surface area contributed by atoms with Gasteiger partial charge >= 0.3 is 0 Å². The summed E-state index contributed by atoms with van der Waals surface area (Å²) in [6.07, 6.45) is 3.57. The van der Waals surface area contributed by atoms with Gasteiger partial charge in [0.15, 0.2) is 0 Å². The van der Waals surface area contributed by atoms with Crippen LogP contribution < -0.4 is 5.32 Å². The Hall–Kier alpha value is -3.60. The Morgan fingerprint density at radius 1 is 1.12 bits per heavy atom. The van der Waals surface area contributed by atoms with Crippen LogP contribution in [0.3, 0.4) is 0 Å². The lowest BCUT2D eigenvalue weighted by molar-refractivity contribution is 0.431. The summed E-state index contributed by atoms with van der Waals surface area (Å²) in [5, 5.41) is 13.2. The second-order valence-electron chi connectivity index (χ2n) is 7.46. The van der Waals surface area contributed by atoms with Crippen LogP contribution in [0.5, 0.6) is 0 Å². The first-order valence-electron chi connectivity index (χ1n) is 9.92. The van der Waals surface area contributed by atoms with Crippen molar-refractivity contribution in [1.82, 2.24) is 28.7 Å². The zero-order chi connectivity index (χ0) is 22.2. The van der Waals surface area contributed by atoms with Gasteiger partial charge in [-0.3, -0.25) is 8.89 Å². The molecule has 162 valence electrons. The van der Waals surface area contributed by atoms with Gasteiger partial charge in [0, 0.05) is 41.5 Å². The molecular formula is C22H20N7O2S-. The Morgan fingerprint density at radius 2 is 1.97 bits per heavy atom. The molecule has 0 bridgehead atoms. The summed E-state index contributed by atoms with van der Waals surface area (Å²) in [4.78, 5) is 4.43. The van der Waals surface area contributed by atoms with E-state index < -0.39 is 11.3 Å². The second-order valence-corrected chi connectivity index (χ2v) is 8.52. The topological polar surface area (TPSA) is 103 Å². The number of hydrogen-bond acceptors (Lipinski definition) is 6. The van der Waals surface area contributed by atoms with Gasteiger partial charge in [0.05, 0.1) is 29.1 Å².